The quantitative estimate of drug-likeness (QED) is 0.759. The summed E-state index contributed by atoms with van der Waals surface area (Å²) in [6.07, 6.45) is 0.766. The van der Waals surface area contributed by atoms with E-state index in [0.717, 1.165) is 0 Å². The highest BCUT2D eigenvalue weighted by atomic mass is 35.5. The van der Waals surface area contributed by atoms with Crippen LogP contribution in [-0.2, 0) is 11.2 Å². The van der Waals surface area contributed by atoms with Crippen LogP contribution in [0.15, 0.2) is 6.07 Å². The monoisotopic (exact) mass is 256 g/mol. The summed E-state index contributed by atoms with van der Waals surface area (Å²) in [6, 6.07) is 1.47. The average molecular weight is 257 g/mol. The summed E-state index contributed by atoms with van der Waals surface area (Å²) in [5.41, 5.74) is 0.825. The molecule has 0 amide bonds. The highest BCUT2D eigenvalue weighted by Gasteiger charge is 2.19. The molecular weight excluding hydrogens is 244 g/mol. The van der Waals surface area contributed by atoms with Crippen molar-refractivity contribution in [3.63, 3.8) is 0 Å². The summed E-state index contributed by atoms with van der Waals surface area (Å²) in [6.45, 7) is 1.45. The number of carbonyl (C=O) groups excluding carboxylic acids is 2. The Hall–Kier alpha value is -1.55. The molecule has 0 atom stereocenters. The molecule has 0 fully saturated rings. The van der Waals surface area contributed by atoms with Crippen LogP contribution >= 0.6 is 11.6 Å². The molecule has 5 heteroatoms. The molecule has 17 heavy (non-hydrogen) atoms. The van der Waals surface area contributed by atoms with Crippen LogP contribution in [0.25, 0.3) is 0 Å². The van der Waals surface area contributed by atoms with Gasteiger partial charge in [0.2, 0.25) is 0 Å². The van der Waals surface area contributed by atoms with Gasteiger partial charge >= 0.3 is 0 Å². The predicted molar refractivity (Wildman–Crippen MR) is 64.3 cm³/mol. The van der Waals surface area contributed by atoms with Gasteiger partial charge in [0.05, 0.1) is 19.8 Å². The first-order valence-corrected chi connectivity index (χ1v) is 5.30. The fraction of sp³-hybridized carbons (Fsp3) is 0.333. The smallest absolute Gasteiger partial charge is 0.171 e. The summed E-state index contributed by atoms with van der Waals surface area (Å²) < 4.78 is 10.3. The van der Waals surface area contributed by atoms with E-state index in [4.69, 9.17) is 21.1 Å². The molecule has 0 N–H and O–H groups in total. The normalized spacial score (nSPS) is 9.88. The van der Waals surface area contributed by atoms with E-state index in [2.05, 4.69) is 0 Å². The number of ether oxygens (including phenoxy) is 2. The van der Waals surface area contributed by atoms with Crippen molar-refractivity contribution in [1.29, 1.82) is 0 Å². The zero-order valence-electron chi connectivity index (χ0n) is 9.87. The molecule has 0 aliphatic rings. The Labute approximate surface area is 104 Å². The van der Waals surface area contributed by atoms with Crippen molar-refractivity contribution >= 4 is 23.7 Å². The molecule has 0 bridgehead atoms. The van der Waals surface area contributed by atoms with Crippen LogP contribution in [0.3, 0.4) is 0 Å². The summed E-state index contributed by atoms with van der Waals surface area (Å²) in [4.78, 5) is 22.0. The summed E-state index contributed by atoms with van der Waals surface area (Å²) in [7, 11) is 2.86. The number of ketones is 1. The van der Waals surface area contributed by atoms with Crippen LogP contribution in [-0.4, -0.2) is 26.3 Å². The van der Waals surface area contributed by atoms with Gasteiger partial charge in [-0.2, -0.15) is 0 Å². The average Bonchev–Trinajstić information content (AvgIpc) is 2.30. The van der Waals surface area contributed by atoms with Crippen LogP contribution in [0.5, 0.6) is 11.5 Å². The fourth-order valence-corrected chi connectivity index (χ4v) is 1.86. The van der Waals surface area contributed by atoms with E-state index < -0.39 is 0 Å². The first-order valence-electron chi connectivity index (χ1n) is 4.93. The zero-order valence-corrected chi connectivity index (χ0v) is 10.6. The van der Waals surface area contributed by atoms with Gasteiger partial charge in [-0.05, 0) is 13.0 Å². The zero-order chi connectivity index (χ0) is 13.0. The van der Waals surface area contributed by atoms with Crippen molar-refractivity contribution in [3.8, 4) is 11.5 Å². The van der Waals surface area contributed by atoms with Crippen LogP contribution in [0.2, 0.25) is 5.02 Å². The minimum atomic E-state index is -0.0499. The van der Waals surface area contributed by atoms with Crippen LogP contribution in [0, 0.1) is 0 Å². The third-order valence-electron chi connectivity index (χ3n) is 2.27. The molecule has 0 radical (unpaired) electrons. The van der Waals surface area contributed by atoms with Crippen molar-refractivity contribution in [2.45, 2.75) is 13.3 Å². The minimum absolute atomic E-state index is 0.0499. The predicted octanol–water partition coefficient (Wildman–Crippen LogP) is 2.30. The van der Waals surface area contributed by atoms with E-state index in [9.17, 15) is 9.59 Å². The lowest BCUT2D eigenvalue weighted by molar-refractivity contribution is -0.116. The second kappa shape index (κ2) is 5.68. The van der Waals surface area contributed by atoms with E-state index >= 15 is 0 Å². The minimum Gasteiger partial charge on any atom is -0.492 e. The van der Waals surface area contributed by atoms with Gasteiger partial charge < -0.3 is 9.47 Å². The second-order valence-electron chi connectivity index (χ2n) is 3.49. The van der Waals surface area contributed by atoms with Crippen LogP contribution in [0.1, 0.15) is 22.8 Å². The summed E-state index contributed by atoms with van der Waals surface area (Å²) in [5, 5.41) is 0.319. The van der Waals surface area contributed by atoms with Gasteiger partial charge in [-0.25, -0.2) is 0 Å². The topological polar surface area (TPSA) is 52.6 Å². The first-order chi connectivity index (χ1) is 8.04. The highest BCUT2D eigenvalue weighted by Crippen LogP contribution is 2.39. The number of hydrogen-bond donors (Lipinski definition) is 0. The molecule has 1 aromatic carbocycles. The molecule has 1 aromatic rings. The Morgan fingerprint density at radius 2 is 1.94 bits per heavy atom. The Balaban J connectivity index is 3.48. The SMILES string of the molecule is COc1c(C=O)cc(Cl)c(CC(C)=O)c1OC. The number of halogens is 1. The van der Waals surface area contributed by atoms with E-state index in [1.807, 2.05) is 0 Å². The molecule has 0 saturated heterocycles. The standard InChI is InChI=1S/C12H13ClO4/c1-7(15)4-9-10(13)5-8(6-14)11(16-2)12(9)17-3/h5-6H,4H2,1-3H3. The molecule has 0 aliphatic carbocycles. The third kappa shape index (κ3) is 2.77. The number of Topliss-reactive ketones (excluding diaryl/α,β-unsaturated/α-hetero) is 1. The number of methoxy groups -OCH3 is 2. The largest absolute Gasteiger partial charge is 0.492 e. The molecule has 4 nitrogen and oxygen atoms in total. The van der Waals surface area contributed by atoms with Crippen molar-refractivity contribution in [3.05, 3.63) is 22.2 Å². The maximum absolute atomic E-state index is 11.2. The van der Waals surface area contributed by atoms with E-state index in [0.29, 0.717) is 33.9 Å². The van der Waals surface area contributed by atoms with Gasteiger partial charge in [0, 0.05) is 17.0 Å². The lowest BCUT2D eigenvalue weighted by Gasteiger charge is -2.15. The van der Waals surface area contributed by atoms with E-state index in [-0.39, 0.29) is 12.2 Å². The number of rotatable bonds is 5. The highest BCUT2D eigenvalue weighted by molar-refractivity contribution is 6.32. The van der Waals surface area contributed by atoms with Gasteiger partial charge in [0.1, 0.15) is 5.78 Å². The van der Waals surface area contributed by atoms with Crippen molar-refractivity contribution < 1.29 is 19.1 Å². The molecule has 0 aliphatic heterocycles. The Morgan fingerprint density at radius 3 is 2.35 bits per heavy atom. The van der Waals surface area contributed by atoms with Crippen LogP contribution in [0.4, 0.5) is 0 Å². The van der Waals surface area contributed by atoms with Gasteiger partial charge in [-0.3, -0.25) is 9.59 Å². The molecule has 92 valence electrons. The van der Waals surface area contributed by atoms with Crippen molar-refractivity contribution in [2.75, 3.05) is 14.2 Å². The van der Waals surface area contributed by atoms with Gasteiger partial charge in [-0.15, -0.1) is 0 Å². The Kier molecular flexibility index (Phi) is 4.52. The van der Waals surface area contributed by atoms with E-state index in [1.54, 1.807) is 0 Å². The molecule has 1 rings (SSSR count). The maximum atomic E-state index is 11.2. The summed E-state index contributed by atoms with van der Waals surface area (Å²) in [5.74, 6) is 0.576. The van der Waals surface area contributed by atoms with Gasteiger partial charge in [-0.1, -0.05) is 11.6 Å². The summed E-state index contributed by atoms with van der Waals surface area (Å²) >= 11 is 6.02. The molecular formula is C12H13ClO4. The van der Waals surface area contributed by atoms with Gasteiger partial charge in [0.25, 0.3) is 0 Å². The lowest BCUT2D eigenvalue weighted by Crippen LogP contribution is -2.04. The maximum Gasteiger partial charge on any atom is 0.171 e. The number of benzene rings is 1. The number of hydrogen-bond acceptors (Lipinski definition) is 4. The molecule has 0 unspecified atom stereocenters. The van der Waals surface area contributed by atoms with Crippen molar-refractivity contribution in [2.24, 2.45) is 0 Å². The fourth-order valence-electron chi connectivity index (χ4n) is 1.59. The lowest BCUT2D eigenvalue weighted by atomic mass is 10.0. The van der Waals surface area contributed by atoms with Crippen LogP contribution < -0.4 is 9.47 Å². The number of aldehydes is 1. The third-order valence-corrected chi connectivity index (χ3v) is 2.61. The van der Waals surface area contributed by atoms with Crippen molar-refractivity contribution in [1.82, 2.24) is 0 Å². The van der Waals surface area contributed by atoms with Gasteiger partial charge in [0.15, 0.2) is 17.8 Å². The molecule has 0 heterocycles. The van der Waals surface area contributed by atoms with E-state index in [1.165, 1.54) is 27.2 Å². The molecule has 0 spiro atoms. The Bertz CT molecular complexity index is 454. The Morgan fingerprint density at radius 1 is 1.35 bits per heavy atom. The molecule has 0 aromatic heterocycles. The second-order valence-corrected chi connectivity index (χ2v) is 3.90. The first kappa shape index (κ1) is 13.5. The molecule has 0 saturated carbocycles. The number of carbonyl (C=O) groups is 2.